The molecule has 0 saturated carbocycles. The Labute approximate surface area is 111 Å². The van der Waals surface area contributed by atoms with E-state index in [0.717, 1.165) is 28.6 Å². The van der Waals surface area contributed by atoms with Crippen LogP contribution < -0.4 is 11.1 Å². The van der Waals surface area contributed by atoms with Crippen LogP contribution >= 0.6 is 15.9 Å². The molecule has 0 aliphatic carbocycles. The van der Waals surface area contributed by atoms with Crippen molar-refractivity contribution in [1.82, 2.24) is 0 Å². The molecule has 1 atom stereocenters. The fraction of sp³-hybridized carbons (Fsp3) is 0.462. The van der Waals surface area contributed by atoms with Gasteiger partial charge in [-0.1, -0.05) is 19.4 Å². The molecule has 1 unspecified atom stereocenters. The molecule has 17 heavy (non-hydrogen) atoms. The summed E-state index contributed by atoms with van der Waals surface area (Å²) >= 11 is 3.44. The second-order valence-electron chi connectivity index (χ2n) is 4.19. The van der Waals surface area contributed by atoms with Gasteiger partial charge in [0.2, 0.25) is 5.91 Å². The Morgan fingerprint density at radius 1 is 1.53 bits per heavy atom. The summed E-state index contributed by atoms with van der Waals surface area (Å²) in [5, 5.41) is 2.91. The molecule has 0 heterocycles. The largest absolute Gasteiger partial charge is 0.330 e. The molecule has 0 saturated heterocycles. The van der Waals surface area contributed by atoms with E-state index in [1.54, 1.807) is 0 Å². The van der Waals surface area contributed by atoms with Crippen molar-refractivity contribution >= 4 is 27.5 Å². The number of carbonyl (C=O) groups is 1. The quantitative estimate of drug-likeness (QED) is 0.878. The van der Waals surface area contributed by atoms with Crippen molar-refractivity contribution in [2.45, 2.75) is 26.7 Å². The van der Waals surface area contributed by atoms with Crippen molar-refractivity contribution in [3.63, 3.8) is 0 Å². The van der Waals surface area contributed by atoms with Crippen LogP contribution in [0.4, 0.5) is 5.69 Å². The Bertz CT molecular complexity index is 393. The van der Waals surface area contributed by atoms with Gasteiger partial charge in [-0.25, -0.2) is 0 Å². The van der Waals surface area contributed by atoms with Crippen LogP contribution in [0.2, 0.25) is 0 Å². The van der Waals surface area contributed by atoms with E-state index in [2.05, 4.69) is 28.2 Å². The van der Waals surface area contributed by atoms with Gasteiger partial charge in [-0.05, 0) is 47.0 Å². The summed E-state index contributed by atoms with van der Waals surface area (Å²) in [7, 11) is 0. The summed E-state index contributed by atoms with van der Waals surface area (Å²) in [5.74, 6) is -0.105. The van der Waals surface area contributed by atoms with Gasteiger partial charge in [0, 0.05) is 11.0 Å². The smallest absolute Gasteiger partial charge is 0.228 e. The van der Waals surface area contributed by atoms with Crippen LogP contribution in [0.3, 0.4) is 0 Å². The number of anilines is 1. The molecule has 3 nitrogen and oxygen atoms in total. The molecule has 4 heteroatoms. The van der Waals surface area contributed by atoms with E-state index in [1.807, 2.05) is 25.1 Å². The second-order valence-corrected chi connectivity index (χ2v) is 5.05. The highest BCUT2D eigenvalue weighted by molar-refractivity contribution is 9.10. The number of nitrogens with two attached hydrogens (primary N) is 1. The number of carbonyl (C=O) groups excluding carboxylic acids is 1. The number of halogens is 1. The third kappa shape index (κ3) is 4.13. The minimum atomic E-state index is -0.104. The predicted octanol–water partition coefficient (Wildman–Crippen LogP) is 3.07. The first-order valence-electron chi connectivity index (χ1n) is 5.85. The number of hydrogen-bond donors (Lipinski definition) is 2. The molecule has 1 aromatic rings. The molecule has 1 aromatic carbocycles. The van der Waals surface area contributed by atoms with Crippen LogP contribution in [0.25, 0.3) is 0 Å². The number of amides is 1. The molecule has 0 aliphatic rings. The Kier molecular flexibility index (Phi) is 5.65. The molecular weight excluding hydrogens is 280 g/mol. The van der Waals surface area contributed by atoms with Gasteiger partial charge in [-0.15, -0.1) is 0 Å². The van der Waals surface area contributed by atoms with Crippen LogP contribution in [-0.4, -0.2) is 12.5 Å². The first kappa shape index (κ1) is 14.2. The van der Waals surface area contributed by atoms with E-state index in [0.29, 0.717) is 6.54 Å². The lowest BCUT2D eigenvalue weighted by molar-refractivity contribution is -0.119. The number of aryl methyl sites for hydroxylation is 1. The Morgan fingerprint density at radius 3 is 2.76 bits per heavy atom. The molecule has 1 rings (SSSR count). The van der Waals surface area contributed by atoms with Crippen LogP contribution in [0.1, 0.15) is 25.3 Å². The lowest BCUT2D eigenvalue weighted by Gasteiger charge is -2.15. The summed E-state index contributed by atoms with van der Waals surface area (Å²) in [6.07, 6.45) is 1.79. The van der Waals surface area contributed by atoms with Gasteiger partial charge in [0.1, 0.15) is 0 Å². The molecule has 0 radical (unpaired) electrons. The number of rotatable bonds is 5. The molecule has 3 N–H and O–H groups in total. The average molecular weight is 299 g/mol. The van der Waals surface area contributed by atoms with Gasteiger partial charge < -0.3 is 11.1 Å². The summed E-state index contributed by atoms with van der Waals surface area (Å²) in [6.45, 7) is 4.46. The van der Waals surface area contributed by atoms with Crippen molar-refractivity contribution in [2.24, 2.45) is 11.7 Å². The lowest BCUT2D eigenvalue weighted by Crippen LogP contribution is -2.29. The average Bonchev–Trinajstić information content (AvgIpc) is 2.29. The fourth-order valence-electron chi connectivity index (χ4n) is 1.66. The number of nitrogens with one attached hydrogen (secondary N) is 1. The predicted molar refractivity (Wildman–Crippen MR) is 75.0 cm³/mol. The molecule has 0 fully saturated rings. The summed E-state index contributed by atoms with van der Waals surface area (Å²) < 4.78 is 0.901. The van der Waals surface area contributed by atoms with Crippen LogP contribution in [-0.2, 0) is 4.79 Å². The van der Waals surface area contributed by atoms with Gasteiger partial charge in [0.05, 0.1) is 11.6 Å². The lowest BCUT2D eigenvalue weighted by atomic mass is 10.0. The normalized spacial score (nSPS) is 12.2. The van der Waals surface area contributed by atoms with Gasteiger partial charge in [0.15, 0.2) is 0 Å². The Hall–Kier alpha value is -0.870. The van der Waals surface area contributed by atoms with Crippen molar-refractivity contribution in [3.8, 4) is 0 Å². The summed E-state index contributed by atoms with van der Waals surface area (Å²) in [4.78, 5) is 12.0. The van der Waals surface area contributed by atoms with Crippen LogP contribution in [0.5, 0.6) is 0 Å². The maximum absolute atomic E-state index is 12.0. The first-order valence-corrected chi connectivity index (χ1v) is 6.64. The zero-order valence-corrected chi connectivity index (χ0v) is 11.9. The SMILES string of the molecule is CCCC(CN)C(=O)Nc1ccc(C)cc1Br. The van der Waals surface area contributed by atoms with E-state index in [4.69, 9.17) is 5.73 Å². The maximum Gasteiger partial charge on any atom is 0.228 e. The highest BCUT2D eigenvalue weighted by atomic mass is 79.9. The molecule has 94 valence electrons. The fourth-order valence-corrected chi connectivity index (χ4v) is 2.25. The number of hydrogen-bond acceptors (Lipinski definition) is 2. The monoisotopic (exact) mass is 298 g/mol. The molecular formula is C13H19BrN2O. The molecule has 0 bridgehead atoms. The van der Waals surface area contributed by atoms with E-state index < -0.39 is 0 Å². The second kappa shape index (κ2) is 6.77. The van der Waals surface area contributed by atoms with Crippen molar-refractivity contribution < 1.29 is 4.79 Å². The first-order chi connectivity index (χ1) is 8.08. The van der Waals surface area contributed by atoms with Gasteiger partial charge in [-0.2, -0.15) is 0 Å². The highest BCUT2D eigenvalue weighted by Gasteiger charge is 2.16. The minimum absolute atomic E-state index is 0.00102. The van der Waals surface area contributed by atoms with E-state index in [-0.39, 0.29) is 11.8 Å². The molecule has 0 aromatic heterocycles. The van der Waals surface area contributed by atoms with Crippen molar-refractivity contribution in [1.29, 1.82) is 0 Å². The van der Waals surface area contributed by atoms with Crippen molar-refractivity contribution in [3.05, 3.63) is 28.2 Å². The molecule has 0 aliphatic heterocycles. The van der Waals surface area contributed by atoms with Crippen molar-refractivity contribution in [2.75, 3.05) is 11.9 Å². The van der Waals surface area contributed by atoms with Crippen LogP contribution in [0, 0.1) is 12.8 Å². The summed E-state index contributed by atoms with van der Waals surface area (Å²) in [5.41, 5.74) is 7.56. The topological polar surface area (TPSA) is 55.1 Å². The summed E-state index contributed by atoms with van der Waals surface area (Å²) in [6, 6.07) is 5.85. The molecule has 0 spiro atoms. The third-order valence-electron chi connectivity index (χ3n) is 2.67. The maximum atomic E-state index is 12.0. The van der Waals surface area contributed by atoms with E-state index >= 15 is 0 Å². The van der Waals surface area contributed by atoms with Gasteiger partial charge in [0.25, 0.3) is 0 Å². The molecule has 1 amide bonds. The standard InChI is InChI=1S/C13H19BrN2O/c1-3-4-10(8-15)13(17)16-12-6-5-9(2)7-11(12)14/h5-7,10H,3-4,8,15H2,1-2H3,(H,16,17). The third-order valence-corrected chi connectivity index (χ3v) is 3.33. The van der Waals surface area contributed by atoms with Gasteiger partial charge in [-0.3, -0.25) is 4.79 Å². The van der Waals surface area contributed by atoms with E-state index in [9.17, 15) is 4.79 Å². The minimum Gasteiger partial charge on any atom is -0.330 e. The number of benzene rings is 1. The Balaban J connectivity index is 2.73. The van der Waals surface area contributed by atoms with Crippen LogP contribution in [0.15, 0.2) is 22.7 Å². The van der Waals surface area contributed by atoms with Gasteiger partial charge >= 0.3 is 0 Å². The highest BCUT2D eigenvalue weighted by Crippen LogP contribution is 2.24. The zero-order chi connectivity index (χ0) is 12.8. The van der Waals surface area contributed by atoms with E-state index in [1.165, 1.54) is 0 Å². The Morgan fingerprint density at radius 2 is 2.24 bits per heavy atom. The zero-order valence-electron chi connectivity index (χ0n) is 10.3.